The summed E-state index contributed by atoms with van der Waals surface area (Å²) >= 11 is 0. The first-order valence-electron chi connectivity index (χ1n) is 7.65. The number of nitrogens with one attached hydrogen (secondary N) is 2. The van der Waals surface area contributed by atoms with Crippen molar-refractivity contribution in [1.82, 2.24) is 5.32 Å². The van der Waals surface area contributed by atoms with E-state index < -0.39 is 0 Å². The number of carbonyl (C=O) groups is 1. The molecule has 1 amide bonds. The van der Waals surface area contributed by atoms with Gasteiger partial charge in [0, 0.05) is 23.9 Å². The summed E-state index contributed by atoms with van der Waals surface area (Å²) in [5.74, 6) is 0.776. The van der Waals surface area contributed by atoms with Crippen LogP contribution in [0.3, 0.4) is 0 Å². The average molecular weight is 305 g/mol. The summed E-state index contributed by atoms with van der Waals surface area (Å²) < 4.78 is 0. The van der Waals surface area contributed by atoms with Crippen molar-refractivity contribution in [3.8, 4) is 0 Å². The van der Waals surface area contributed by atoms with Crippen LogP contribution >= 0.6 is 0 Å². The molecule has 2 aromatic carbocycles. The van der Waals surface area contributed by atoms with Crippen molar-refractivity contribution < 1.29 is 4.79 Å². The van der Waals surface area contributed by atoms with Gasteiger partial charge in [-0.05, 0) is 42.8 Å². The van der Waals surface area contributed by atoms with Crippen LogP contribution in [0.5, 0.6) is 0 Å². The lowest BCUT2D eigenvalue weighted by atomic mass is 10.1. The zero-order valence-corrected chi connectivity index (χ0v) is 13.0. The normalized spacial score (nSPS) is 13.7. The van der Waals surface area contributed by atoms with Crippen molar-refractivity contribution in [2.24, 2.45) is 4.99 Å². The predicted octanol–water partition coefficient (Wildman–Crippen LogP) is 3.00. The van der Waals surface area contributed by atoms with Gasteiger partial charge in [0.25, 0.3) is 0 Å². The number of aliphatic imine (C=N–C) groups is 1. The summed E-state index contributed by atoms with van der Waals surface area (Å²) in [6, 6.07) is 15.7. The highest BCUT2D eigenvalue weighted by Gasteiger charge is 2.07. The average Bonchev–Trinajstić information content (AvgIpc) is 3.08. The van der Waals surface area contributed by atoms with Gasteiger partial charge in [-0.3, -0.25) is 9.79 Å². The first-order chi connectivity index (χ1) is 11.2. The van der Waals surface area contributed by atoms with E-state index in [1.807, 2.05) is 61.5 Å². The van der Waals surface area contributed by atoms with E-state index in [0.29, 0.717) is 0 Å². The first kappa shape index (κ1) is 15.0. The van der Waals surface area contributed by atoms with E-state index in [1.54, 1.807) is 6.08 Å². The second-order valence-electron chi connectivity index (χ2n) is 5.47. The van der Waals surface area contributed by atoms with Crippen molar-refractivity contribution in [2.45, 2.75) is 6.92 Å². The fourth-order valence-electron chi connectivity index (χ4n) is 2.43. The molecule has 0 aromatic heterocycles. The number of benzene rings is 2. The fraction of sp³-hybridized carbons (Fsp3) is 0.158. The number of carbonyl (C=O) groups excluding carboxylic acids is 1. The second kappa shape index (κ2) is 6.92. The highest BCUT2D eigenvalue weighted by molar-refractivity contribution is 6.03. The van der Waals surface area contributed by atoms with Crippen molar-refractivity contribution in [1.29, 1.82) is 0 Å². The molecule has 23 heavy (non-hydrogen) atoms. The van der Waals surface area contributed by atoms with Gasteiger partial charge in [-0.2, -0.15) is 0 Å². The Hall–Kier alpha value is -2.88. The fourth-order valence-corrected chi connectivity index (χ4v) is 2.43. The number of hydrogen-bond donors (Lipinski definition) is 2. The second-order valence-corrected chi connectivity index (χ2v) is 5.47. The minimum absolute atomic E-state index is 0.143. The molecular weight excluding hydrogens is 286 g/mol. The molecule has 116 valence electrons. The lowest BCUT2D eigenvalue weighted by Gasteiger charge is -2.05. The number of amides is 1. The number of nitrogens with zero attached hydrogens (tertiary/aromatic N) is 1. The Bertz CT molecular complexity index is 760. The number of anilines is 1. The standard InChI is InChI=1S/C19H19N3O/c1-14-3-2-4-15(13-14)5-10-18(23)22-17-8-6-16(7-9-17)19-20-11-12-21-19/h2-10,13H,11-12H2,1H3,(H,20,21)(H,22,23)/b10-5+. The highest BCUT2D eigenvalue weighted by atomic mass is 16.1. The molecule has 0 bridgehead atoms. The van der Waals surface area contributed by atoms with Gasteiger partial charge in [-0.1, -0.05) is 29.8 Å². The molecule has 0 atom stereocenters. The lowest BCUT2D eigenvalue weighted by Crippen LogP contribution is -2.19. The number of rotatable bonds is 4. The van der Waals surface area contributed by atoms with Gasteiger partial charge in [0.1, 0.15) is 5.84 Å². The van der Waals surface area contributed by atoms with E-state index in [1.165, 1.54) is 5.56 Å². The van der Waals surface area contributed by atoms with Crippen LogP contribution in [-0.4, -0.2) is 24.8 Å². The van der Waals surface area contributed by atoms with Gasteiger partial charge in [0.15, 0.2) is 0 Å². The van der Waals surface area contributed by atoms with Crippen LogP contribution in [0.25, 0.3) is 6.08 Å². The minimum atomic E-state index is -0.143. The van der Waals surface area contributed by atoms with Crippen LogP contribution in [0.4, 0.5) is 5.69 Å². The van der Waals surface area contributed by atoms with Gasteiger partial charge in [0.2, 0.25) is 5.91 Å². The third-order valence-electron chi connectivity index (χ3n) is 3.57. The molecule has 2 N–H and O–H groups in total. The molecule has 4 heteroatoms. The molecule has 2 aromatic rings. The van der Waals surface area contributed by atoms with E-state index in [0.717, 1.165) is 35.7 Å². The van der Waals surface area contributed by atoms with E-state index >= 15 is 0 Å². The van der Waals surface area contributed by atoms with E-state index in [-0.39, 0.29) is 5.91 Å². The highest BCUT2D eigenvalue weighted by Crippen LogP contribution is 2.11. The number of hydrogen-bond acceptors (Lipinski definition) is 3. The van der Waals surface area contributed by atoms with E-state index in [9.17, 15) is 4.79 Å². The topological polar surface area (TPSA) is 53.5 Å². The molecule has 3 rings (SSSR count). The molecule has 1 aliphatic heterocycles. The molecule has 0 radical (unpaired) electrons. The largest absolute Gasteiger partial charge is 0.368 e. The van der Waals surface area contributed by atoms with E-state index in [4.69, 9.17) is 0 Å². The zero-order valence-electron chi connectivity index (χ0n) is 13.0. The first-order valence-corrected chi connectivity index (χ1v) is 7.65. The van der Waals surface area contributed by atoms with Crippen LogP contribution < -0.4 is 10.6 Å². The van der Waals surface area contributed by atoms with Crippen molar-refractivity contribution in [2.75, 3.05) is 18.4 Å². The summed E-state index contributed by atoms with van der Waals surface area (Å²) in [5.41, 5.74) is 3.99. The maximum atomic E-state index is 12.0. The maximum absolute atomic E-state index is 12.0. The Morgan fingerprint density at radius 2 is 2.04 bits per heavy atom. The van der Waals surface area contributed by atoms with Crippen molar-refractivity contribution in [3.63, 3.8) is 0 Å². The SMILES string of the molecule is Cc1cccc(/C=C/C(=O)Nc2ccc(C3=NCCN3)cc2)c1. The summed E-state index contributed by atoms with van der Waals surface area (Å²) in [7, 11) is 0. The Labute approximate surface area is 136 Å². The smallest absolute Gasteiger partial charge is 0.248 e. The van der Waals surface area contributed by atoms with Crippen molar-refractivity contribution in [3.05, 3.63) is 71.3 Å². The summed E-state index contributed by atoms with van der Waals surface area (Å²) in [4.78, 5) is 16.4. The summed E-state index contributed by atoms with van der Waals surface area (Å²) in [5, 5.41) is 6.09. The van der Waals surface area contributed by atoms with Gasteiger partial charge in [0.05, 0.1) is 6.54 Å². The minimum Gasteiger partial charge on any atom is -0.368 e. The molecule has 0 unspecified atom stereocenters. The summed E-state index contributed by atoms with van der Waals surface area (Å²) in [6.07, 6.45) is 3.36. The van der Waals surface area contributed by atoms with Gasteiger partial charge in [-0.25, -0.2) is 0 Å². The maximum Gasteiger partial charge on any atom is 0.248 e. The third-order valence-corrected chi connectivity index (χ3v) is 3.57. The molecule has 0 fully saturated rings. The molecule has 1 aliphatic rings. The van der Waals surface area contributed by atoms with Gasteiger partial charge < -0.3 is 10.6 Å². The Morgan fingerprint density at radius 3 is 2.74 bits per heavy atom. The molecule has 0 aliphatic carbocycles. The predicted molar refractivity (Wildman–Crippen MR) is 94.7 cm³/mol. The number of aryl methyl sites for hydroxylation is 1. The lowest BCUT2D eigenvalue weighted by molar-refractivity contribution is -0.111. The zero-order chi connectivity index (χ0) is 16.1. The van der Waals surface area contributed by atoms with Crippen LogP contribution in [0.1, 0.15) is 16.7 Å². The quantitative estimate of drug-likeness (QED) is 0.853. The Morgan fingerprint density at radius 1 is 1.22 bits per heavy atom. The Kier molecular flexibility index (Phi) is 4.52. The summed E-state index contributed by atoms with van der Waals surface area (Å²) in [6.45, 7) is 3.73. The molecule has 1 heterocycles. The molecule has 4 nitrogen and oxygen atoms in total. The van der Waals surface area contributed by atoms with Crippen LogP contribution in [0, 0.1) is 6.92 Å². The van der Waals surface area contributed by atoms with E-state index in [2.05, 4.69) is 15.6 Å². The van der Waals surface area contributed by atoms with Crippen LogP contribution in [-0.2, 0) is 4.79 Å². The van der Waals surface area contributed by atoms with Crippen LogP contribution in [0.2, 0.25) is 0 Å². The molecule has 0 spiro atoms. The van der Waals surface area contributed by atoms with Crippen LogP contribution in [0.15, 0.2) is 59.6 Å². The third kappa shape index (κ3) is 4.07. The Balaban J connectivity index is 1.61. The van der Waals surface area contributed by atoms with Gasteiger partial charge in [-0.15, -0.1) is 0 Å². The monoisotopic (exact) mass is 305 g/mol. The molecular formula is C19H19N3O. The molecule has 0 saturated carbocycles. The number of amidine groups is 1. The van der Waals surface area contributed by atoms with Crippen molar-refractivity contribution >= 4 is 23.5 Å². The molecule has 0 saturated heterocycles. The van der Waals surface area contributed by atoms with Gasteiger partial charge >= 0.3 is 0 Å².